The van der Waals surface area contributed by atoms with Crippen molar-refractivity contribution in [1.29, 1.82) is 0 Å². The van der Waals surface area contributed by atoms with Crippen LogP contribution >= 0.6 is 0 Å². The molecule has 3 aromatic rings. The number of ether oxygens (including phenoxy) is 1. The molecule has 0 spiro atoms. The van der Waals surface area contributed by atoms with Crippen LogP contribution in [0.15, 0.2) is 61.2 Å². The second-order valence-corrected chi connectivity index (χ2v) is 8.01. The van der Waals surface area contributed by atoms with E-state index in [2.05, 4.69) is 23.2 Å². The first-order valence-corrected chi connectivity index (χ1v) is 10.6. The maximum atomic E-state index is 14.4. The van der Waals surface area contributed by atoms with Crippen molar-refractivity contribution in [3.8, 4) is 28.7 Å². The van der Waals surface area contributed by atoms with E-state index in [4.69, 9.17) is 0 Å². The average Bonchev–Trinajstić information content (AvgIpc) is 2.80. The number of alkyl halides is 2. The minimum Gasteiger partial charge on any atom is -0.429 e. The number of hydrogen-bond donors (Lipinski definition) is 0. The lowest BCUT2D eigenvalue weighted by Crippen LogP contribution is -2.11. The maximum absolute atomic E-state index is 14.4. The van der Waals surface area contributed by atoms with Crippen LogP contribution in [0, 0.1) is 35.3 Å². The van der Waals surface area contributed by atoms with Gasteiger partial charge in [-0.25, -0.2) is 8.78 Å². The van der Waals surface area contributed by atoms with Gasteiger partial charge in [-0.15, -0.1) is 6.58 Å². The Morgan fingerprint density at radius 1 is 0.938 bits per heavy atom. The molecular weight excluding hydrogens is 416 g/mol. The third-order valence-corrected chi connectivity index (χ3v) is 5.94. The third kappa shape index (κ3) is 4.80. The summed E-state index contributed by atoms with van der Waals surface area (Å²) < 4.78 is 57.4. The van der Waals surface area contributed by atoms with Crippen LogP contribution in [0.4, 0.5) is 17.6 Å². The summed E-state index contributed by atoms with van der Waals surface area (Å²) in [4.78, 5) is 0. The van der Waals surface area contributed by atoms with Crippen molar-refractivity contribution >= 4 is 10.8 Å². The minimum absolute atomic E-state index is 0.0134. The standard InChI is InChI=1S/C27H22F4O/c1-2-17-3-5-18(6-4-17)7-8-19-9-11-20(12-10-19)21-13-14-23-22(15-21)16-24(28)26(25(23)29)32-27(30)31/h2,9-18,27H,1,3-6H2. The molecule has 0 bridgehead atoms. The molecule has 0 unspecified atom stereocenters. The highest BCUT2D eigenvalue weighted by Gasteiger charge is 2.19. The van der Waals surface area contributed by atoms with Crippen molar-refractivity contribution in [1.82, 2.24) is 0 Å². The molecule has 0 heterocycles. The van der Waals surface area contributed by atoms with E-state index >= 15 is 0 Å². The topological polar surface area (TPSA) is 9.23 Å². The van der Waals surface area contributed by atoms with Gasteiger partial charge in [0.1, 0.15) is 0 Å². The lowest BCUT2D eigenvalue weighted by atomic mass is 9.82. The Kier molecular flexibility index (Phi) is 6.50. The number of benzene rings is 3. The van der Waals surface area contributed by atoms with Crippen LogP contribution in [0.1, 0.15) is 31.2 Å². The summed E-state index contributed by atoms with van der Waals surface area (Å²) in [6.07, 6.45) is 6.50. The van der Waals surface area contributed by atoms with Crippen LogP contribution in [0.5, 0.6) is 5.75 Å². The zero-order valence-electron chi connectivity index (χ0n) is 17.4. The highest BCUT2D eigenvalue weighted by atomic mass is 19.3. The van der Waals surface area contributed by atoms with Gasteiger partial charge in [-0.1, -0.05) is 42.2 Å². The molecule has 4 rings (SSSR count). The Morgan fingerprint density at radius 3 is 2.28 bits per heavy atom. The average molecular weight is 438 g/mol. The molecule has 32 heavy (non-hydrogen) atoms. The molecule has 1 aliphatic rings. The first-order valence-electron chi connectivity index (χ1n) is 10.6. The third-order valence-electron chi connectivity index (χ3n) is 5.94. The summed E-state index contributed by atoms with van der Waals surface area (Å²) in [5.74, 6) is 4.26. The lowest BCUT2D eigenvalue weighted by Gasteiger charge is -2.22. The van der Waals surface area contributed by atoms with Gasteiger partial charge in [0.25, 0.3) is 0 Å². The SMILES string of the molecule is C=CC1CCC(C#Cc2ccc(-c3ccc4c(F)c(OC(F)F)c(F)cc4c3)cc2)CC1. The predicted octanol–water partition coefficient (Wildman–Crippen LogP) is 7.73. The van der Waals surface area contributed by atoms with Gasteiger partial charge in [0.15, 0.2) is 17.4 Å². The van der Waals surface area contributed by atoms with E-state index in [0.29, 0.717) is 11.8 Å². The molecule has 0 radical (unpaired) electrons. The Bertz CT molecular complexity index is 1180. The van der Waals surface area contributed by atoms with Crippen LogP contribution < -0.4 is 4.74 Å². The summed E-state index contributed by atoms with van der Waals surface area (Å²) in [5.41, 5.74) is 2.52. The van der Waals surface area contributed by atoms with E-state index in [-0.39, 0.29) is 10.8 Å². The second kappa shape index (κ2) is 9.48. The smallest absolute Gasteiger partial charge is 0.387 e. The van der Waals surface area contributed by atoms with Crippen LogP contribution in [0.3, 0.4) is 0 Å². The number of rotatable bonds is 4. The van der Waals surface area contributed by atoms with Gasteiger partial charge in [0.2, 0.25) is 0 Å². The lowest BCUT2D eigenvalue weighted by molar-refractivity contribution is -0.0544. The number of fused-ring (bicyclic) bond motifs is 1. The zero-order chi connectivity index (χ0) is 22.7. The van der Waals surface area contributed by atoms with Gasteiger partial charge in [0, 0.05) is 16.9 Å². The molecule has 0 amide bonds. The Labute approximate surface area is 184 Å². The fraction of sp³-hybridized carbons (Fsp3) is 0.259. The summed E-state index contributed by atoms with van der Waals surface area (Å²) in [6.45, 7) is 0.563. The molecule has 5 heteroatoms. The van der Waals surface area contributed by atoms with E-state index < -0.39 is 24.0 Å². The molecule has 0 N–H and O–H groups in total. The predicted molar refractivity (Wildman–Crippen MR) is 118 cm³/mol. The quantitative estimate of drug-likeness (QED) is 0.230. The van der Waals surface area contributed by atoms with E-state index in [1.165, 1.54) is 6.07 Å². The van der Waals surface area contributed by atoms with E-state index in [1.54, 1.807) is 12.1 Å². The maximum Gasteiger partial charge on any atom is 0.387 e. The molecule has 164 valence electrons. The molecule has 1 aliphatic carbocycles. The molecule has 1 fully saturated rings. The molecule has 0 atom stereocenters. The number of allylic oxidation sites excluding steroid dienone is 1. The first-order chi connectivity index (χ1) is 15.4. The van der Waals surface area contributed by atoms with Crippen molar-refractivity contribution in [3.05, 3.63) is 78.4 Å². The monoisotopic (exact) mass is 438 g/mol. The van der Waals surface area contributed by atoms with Crippen LogP contribution in [0.25, 0.3) is 21.9 Å². The van der Waals surface area contributed by atoms with Gasteiger partial charge in [-0.05, 0) is 72.4 Å². The molecule has 1 saturated carbocycles. The van der Waals surface area contributed by atoms with E-state index in [1.807, 2.05) is 30.3 Å². The van der Waals surface area contributed by atoms with Crippen molar-refractivity contribution in [2.45, 2.75) is 32.3 Å². The summed E-state index contributed by atoms with van der Waals surface area (Å²) >= 11 is 0. The molecule has 1 nitrogen and oxygen atoms in total. The zero-order valence-corrected chi connectivity index (χ0v) is 17.4. The van der Waals surface area contributed by atoms with Crippen LogP contribution in [-0.4, -0.2) is 6.61 Å². The number of halogens is 4. The summed E-state index contributed by atoms with van der Waals surface area (Å²) in [5, 5.41) is 0.276. The molecule has 0 aromatic heterocycles. The Morgan fingerprint density at radius 2 is 1.62 bits per heavy atom. The van der Waals surface area contributed by atoms with Crippen LogP contribution in [-0.2, 0) is 0 Å². The normalized spacial score (nSPS) is 18.3. The summed E-state index contributed by atoms with van der Waals surface area (Å²) in [7, 11) is 0. The second-order valence-electron chi connectivity index (χ2n) is 8.01. The summed E-state index contributed by atoms with van der Waals surface area (Å²) in [6, 6.07) is 13.4. The van der Waals surface area contributed by atoms with Gasteiger partial charge < -0.3 is 4.74 Å². The Balaban J connectivity index is 1.53. The first kappa shape index (κ1) is 22.0. The molecule has 0 aliphatic heterocycles. The fourth-order valence-corrected chi connectivity index (χ4v) is 4.12. The van der Waals surface area contributed by atoms with Gasteiger partial charge in [-0.2, -0.15) is 8.78 Å². The largest absolute Gasteiger partial charge is 0.429 e. The van der Waals surface area contributed by atoms with E-state index in [0.717, 1.165) is 48.4 Å². The highest BCUT2D eigenvalue weighted by molar-refractivity contribution is 5.89. The van der Waals surface area contributed by atoms with Crippen molar-refractivity contribution in [2.75, 3.05) is 0 Å². The highest BCUT2D eigenvalue weighted by Crippen LogP contribution is 2.33. The van der Waals surface area contributed by atoms with Crippen molar-refractivity contribution < 1.29 is 22.3 Å². The molecule has 0 saturated heterocycles. The van der Waals surface area contributed by atoms with Crippen molar-refractivity contribution in [3.63, 3.8) is 0 Å². The van der Waals surface area contributed by atoms with E-state index in [9.17, 15) is 17.6 Å². The van der Waals surface area contributed by atoms with Gasteiger partial charge >= 0.3 is 6.61 Å². The van der Waals surface area contributed by atoms with Gasteiger partial charge in [0.05, 0.1) is 0 Å². The van der Waals surface area contributed by atoms with Crippen molar-refractivity contribution in [2.24, 2.45) is 11.8 Å². The van der Waals surface area contributed by atoms with Crippen LogP contribution in [0.2, 0.25) is 0 Å². The molecular formula is C27H22F4O. The van der Waals surface area contributed by atoms with Gasteiger partial charge in [-0.3, -0.25) is 0 Å². The molecule has 3 aromatic carbocycles. The fourth-order valence-electron chi connectivity index (χ4n) is 4.12. The minimum atomic E-state index is -3.31. The Hall–Kier alpha value is -3.26. The number of hydrogen-bond acceptors (Lipinski definition) is 1.